The molecular formula is C14H19N3O4. The highest BCUT2D eigenvalue weighted by molar-refractivity contribution is 5.98. The molecule has 0 aliphatic carbocycles. The Morgan fingerprint density at radius 3 is 2.52 bits per heavy atom. The SMILES string of the molecule is CCCCCCC(=O)NNC(=O)c1ccccc1[N+](=O)[O-]. The van der Waals surface area contributed by atoms with E-state index >= 15 is 0 Å². The molecule has 0 radical (unpaired) electrons. The van der Waals surface area contributed by atoms with E-state index in [0.29, 0.717) is 6.42 Å². The molecule has 7 nitrogen and oxygen atoms in total. The van der Waals surface area contributed by atoms with Crippen LogP contribution in [0.1, 0.15) is 49.4 Å². The number of nitrogens with zero attached hydrogens (tertiary/aromatic N) is 1. The molecule has 0 aromatic heterocycles. The molecule has 114 valence electrons. The van der Waals surface area contributed by atoms with Crippen molar-refractivity contribution in [2.75, 3.05) is 0 Å². The van der Waals surface area contributed by atoms with E-state index in [1.54, 1.807) is 0 Å². The van der Waals surface area contributed by atoms with Gasteiger partial charge < -0.3 is 0 Å². The molecule has 0 spiro atoms. The van der Waals surface area contributed by atoms with Crippen LogP contribution in [0, 0.1) is 10.1 Å². The van der Waals surface area contributed by atoms with E-state index in [1.807, 2.05) is 0 Å². The Hall–Kier alpha value is -2.44. The lowest BCUT2D eigenvalue weighted by Gasteiger charge is -2.07. The maximum Gasteiger partial charge on any atom is 0.282 e. The molecule has 0 aliphatic heterocycles. The van der Waals surface area contributed by atoms with Crippen molar-refractivity contribution in [3.63, 3.8) is 0 Å². The number of hydrogen-bond acceptors (Lipinski definition) is 4. The minimum Gasteiger partial charge on any atom is -0.273 e. The highest BCUT2D eigenvalue weighted by atomic mass is 16.6. The van der Waals surface area contributed by atoms with Gasteiger partial charge in [-0.05, 0) is 12.5 Å². The molecule has 0 atom stereocenters. The fourth-order valence-corrected chi connectivity index (χ4v) is 1.79. The molecule has 0 bridgehead atoms. The number of carbonyl (C=O) groups is 2. The topological polar surface area (TPSA) is 101 Å². The Balaban J connectivity index is 2.47. The Bertz CT molecular complexity index is 517. The number of unbranched alkanes of at least 4 members (excludes halogenated alkanes) is 3. The molecule has 0 saturated carbocycles. The molecule has 0 aliphatic rings. The van der Waals surface area contributed by atoms with Gasteiger partial charge in [0.25, 0.3) is 11.6 Å². The predicted molar refractivity (Wildman–Crippen MR) is 77.5 cm³/mol. The summed E-state index contributed by atoms with van der Waals surface area (Å²) >= 11 is 0. The van der Waals surface area contributed by atoms with Gasteiger partial charge in [-0.25, -0.2) is 0 Å². The first kappa shape index (κ1) is 16.6. The van der Waals surface area contributed by atoms with E-state index in [4.69, 9.17) is 0 Å². The number of amides is 2. The number of carbonyl (C=O) groups excluding carboxylic acids is 2. The Morgan fingerprint density at radius 1 is 1.14 bits per heavy atom. The predicted octanol–water partition coefficient (Wildman–Crippen LogP) is 2.33. The van der Waals surface area contributed by atoms with Gasteiger partial charge in [0.15, 0.2) is 0 Å². The zero-order valence-corrected chi connectivity index (χ0v) is 11.9. The minimum absolute atomic E-state index is 0.0891. The molecule has 1 aromatic rings. The van der Waals surface area contributed by atoms with Crippen LogP contribution in [0.4, 0.5) is 5.69 Å². The number of nitro benzene ring substituents is 1. The highest BCUT2D eigenvalue weighted by Crippen LogP contribution is 2.16. The van der Waals surface area contributed by atoms with Crippen LogP contribution in [0.3, 0.4) is 0 Å². The maximum absolute atomic E-state index is 11.8. The molecule has 1 aromatic carbocycles. The zero-order chi connectivity index (χ0) is 15.7. The van der Waals surface area contributed by atoms with Crippen molar-refractivity contribution >= 4 is 17.5 Å². The molecule has 1 rings (SSSR count). The average Bonchev–Trinajstić information content (AvgIpc) is 2.49. The van der Waals surface area contributed by atoms with Gasteiger partial charge in [-0.1, -0.05) is 38.3 Å². The third-order valence-corrected chi connectivity index (χ3v) is 2.92. The molecule has 0 fully saturated rings. The summed E-state index contributed by atoms with van der Waals surface area (Å²) in [4.78, 5) is 33.5. The van der Waals surface area contributed by atoms with Crippen LogP contribution in [-0.2, 0) is 4.79 Å². The van der Waals surface area contributed by atoms with Crippen LogP contribution in [0.5, 0.6) is 0 Å². The van der Waals surface area contributed by atoms with E-state index in [2.05, 4.69) is 17.8 Å². The van der Waals surface area contributed by atoms with Gasteiger partial charge in [0.2, 0.25) is 5.91 Å². The fraction of sp³-hybridized carbons (Fsp3) is 0.429. The standard InChI is InChI=1S/C14H19N3O4/c1-2-3-4-5-10-13(18)15-16-14(19)11-8-6-7-9-12(11)17(20)21/h6-9H,2-5,10H2,1H3,(H,15,18)(H,16,19). The third kappa shape index (κ3) is 5.60. The zero-order valence-electron chi connectivity index (χ0n) is 11.9. The summed E-state index contributed by atoms with van der Waals surface area (Å²) in [5, 5.41) is 10.8. The van der Waals surface area contributed by atoms with Crippen molar-refractivity contribution in [3.05, 3.63) is 39.9 Å². The first-order valence-corrected chi connectivity index (χ1v) is 6.89. The van der Waals surface area contributed by atoms with Crippen LogP contribution in [0.25, 0.3) is 0 Å². The largest absolute Gasteiger partial charge is 0.282 e. The molecule has 0 heterocycles. The molecular weight excluding hydrogens is 274 g/mol. The van der Waals surface area contributed by atoms with Crippen molar-refractivity contribution in [1.82, 2.24) is 10.9 Å². The minimum atomic E-state index is -0.704. The second-order valence-corrected chi connectivity index (χ2v) is 4.59. The Kier molecular flexibility index (Phi) is 6.86. The number of nitrogens with one attached hydrogen (secondary N) is 2. The first-order chi connectivity index (χ1) is 10.1. The Morgan fingerprint density at radius 2 is 1.86 bits per heavy atom. The second-order valence-electron chi connectivity index (χ2n) is 4.59. The quantitative estimate of drug-likeness (QED) is 0.457. The van der Waals surface area contributed by atoms with Crippen molar-refractivity contribution in [3.8, 4) is 0 Å². The van der Waals surface area contributed by atoms with Gasteiger partial charge in [0, 0.05) is 12.5 Å². The van der Waals surface area contributed by atoms with Crippen LogP contribution < -0.4 is 10.9 Å². The van der Waals surface area contributed by atoms with Crippen molar-refractivity contribution < 1.29 is 14.5 Å². The first-order valence-electron chi connectivity index (χ1n) is 6.89. The molecule has 0 saturated heterocycles. The van der Waals surface area contributed by atoms with Gasteiger partial charge >= 0.3 is 0 Å². The summed E-state index contributed by atoms with van der Waals surface area (Å²) in [5.41, 5.74) is 4.07. The van der Waals surface area contributed by atoms with E-state index in [1.165, 1.54) is 24.3 Å². The van der Waals surface area contributed by atoms with Crippen molar-refractivity contribution in [1.29, 1.82) is 0 Å². The van der Waals surface area contributed by atoms with Gasteiger partial charge in [0.1, 0.15) is 5.56 Å². The maximum atomic E-state index is 11.8. The summed E-state index contributed by atoms with van der Waals surface area (Å²) in [7, 11) is 0. The number of hydrogen-bond donors (Lipinski definition) is 2. The normalized spacial score (nSPS) is 9.95. The lowest BCUT2D eigenvalue weighted by atomic mass is 10.1. The third-order valence-electron chi connectivity index (χ3n) is 2.92. The molecule has 2 amide bonds. The summed E-state index contributed by atoms with van der Waals surface area (Å²) in [6, 6.07) is 5.57. The summed E-state index contributed by atoms with van der Waals surface area (Å²) in [6.07, 6.45) is 4.17. The monoisotopic (exact) mass is 293 g/mol. The summed E-state index contributed by atoms with van der Waals surface area (Å²) in [5.74, 6) is -1.01. The fourth-order valence-electron chi connectivity index (χ4n) is 1.79. The number of rotatable bonds is 7. The average molecular weight is 293 g/mol. The number of benzene rings is 1. The van der Waals surface area contributed by atoms with E-state index < -0.39 is 10.8 Å². The second kappa shape index (κ2) is 8.68. The lowest BCUT2D eigenvalue weighted by molar-refractivity contribution is -0.385. The number of para-hydroxylation sites is 1. The van der Waals surface area contributed by atoms with Gasteiger partial charge in [-0.15, -0.1) is 0 Å². The van der Waals surface area contributed by atoms with Crippen LogP contribution in [-0.4, -0.2) is 16.7 Å². The lowest BCUT2D eigenvalue weighted by Crippen LogP contribution is -2.41. The number of hydrazine groups is 1. The summed E-state index contributed by atoms with van der Waals surface area (Å²) in [6.45, 7) is 2.08. The smallest absolute Gasteiger partial charge is 0.273 e. The number of nitro groups is 1. The van der Waals surface area contributed by atoms with Crippen LogP contribution in [0.15, 0.2) is 24.3 Å². The van der Waals surface area contributed by atoms with Gasteiger partial charge in [-0.3, -0.25) is 30.6 Å². The van der Waals surface area contributed by atoms with Crippen molar-refractivity contribution in [2.24, 2.45) is 0 Å². The highest BCUT2D eigenvalue weighted by Gasteiger charge is 2.19. The van der Waals surface area contributed by atoms with Crippen LogP contribution >= 0.6 is 0 Å². The molecule has 0 unspecified atom stereocenters. The van der Waals surface area contributed by atoms with Gasteiger partial charge in [-0.2, -0.15) is 0 Å². The molecule has 21 heavy (non-hydrogen) atoms. The van der Waals surface area contributed by atoms with E-state index in [0.717, 1.165) is 25.7 Å². The molecule has 2 N–H and O–H groups in total. The summed E-state index contributed by atoms with van der Waals surface area (Å²) < 4.78 is 0. The van der Waals surface area contributed by atoms with Crippen molar-refractivity contribution in [2.45, 2.75) is 39.0 Å². The van der Waals surface area contributed by atoms with Crippen LogP contribution in [0.2, 0.25) is 0 Å². The Labute approximate surface area is 122 Å². The molecule has 7 heteroatoms. The van der Waals surface area contributed by atoms with E-state index in [-0.39, 0.29) is 17.2 Å². The van der Waals surface area contributed by atoms with Gasteiger partial charge in [0.05, 0.1) is 4.92 Å². The van der Waals surface area contributed by atoms with E-state index in [9.17, 15) is 19.7 Å².